The zero-order chi connectivity index (χ0) is 59.2. The van der Waals surface area contributed by atoms with Gasteiger partial charge in [-0.25, -0.2) is 0 Å². The van der Waals surface area contributed by atoms with E-state index in [-0.39, 0.29) is 56.2 Å². The van der Waals surface area contributed by atoms with Gasteiger partial charge in [-0.2, -0.15) is 0 Å². The maximum atomic E-state index is 14.8. The van der Waals surface area contributed by atoms with Crippen LogP contribution in [0.15, 0.2) is 132 Å². The maximum absolute atomic E-state index is 14.8. The van der Waals surface area contributed by atoms with Gasteiger partial charge in [-0.3, -0.25) is 4.79 Å². The number of dihydropyridines is 1. The number of fused-ring (bicyclic) bond motifs is 1. The quantitative estimate of drug-likeness (QED) is 0.163. The number of rotatable bonds is 5. The number of allylic oxidation sites excluding steroid dienone is 9. The molecule has 17 aliphatic rings. The van der Waals surface area contributed by atoms with Crippen molar-refractivity contribution in [3.8, 4) is 0 Å². The van der Waals surface area contributed by atoms with Gasteiger partial charge in [0.2, 0.25) is 0 Å². The van der Waals surface area contributed by atoms with E-state index in [1.165, 1.54) is 131 Å². The molecule has 6 saturated carbocycles. The predicted octanol–water partition coefficient (Wildman–Crippen LogP) is 15.3. The van der Waals surface area contributed by atoms with E-state index in [9.17, 15) is 20.1 Å². The number of carboxylic acids is 1. The van der Waals surface area contributed by atoms with Gasteiger partial charge >= 0.3 is 5.97 Å². The number of hydrogen-bond donors (Lipinski definition) is 5. The molecular weight excluding hydrogens is 1060 g/mol. The highest BCUT2D eigenvalue weighted by atomic mass is 16.4. The molecule has 458 valence electrons. The van der Waals surface area contributed by atoms with E-state index in [1.807, 2.05) is 0 Å². The van der Waals surface area contributed by atoms with Gasteiger partial charge in [0, 0.05) is 46.6 Å². The number of aryl methyl sites for hydroxylation is 2. The second kappa shape index (κ2) is 21.2. The normalized spacial score (nSPS) is 41.1. The molecular formula is C81H100N2O4. The fraction of sp³-hybridized carbons (Fsp3) is 0.593. The summed E-state index contributed by atoms with van der Waals surface area (Å²) < 4.78 is 0. The van der Waals surface area contributed by atoms with E-state index in [0.717, 1.165) is 109 Å². The number of aliphatic hydroxyl groups is 2. The minimum Gasteiger partial charge on any atom is -0.481 e. The third-order valence-electron chi connectivity index (χ3n) is 28.1. The van der Waals surface area contributed by atoms with Gasteiger partial charge in [-0.1, -0.05) is 164 Å². The molecule has 0 radical (unpaired) electrons. The summed E-state index contributed by atoms with van der Waals surface area (Å²) in [7, 11) is 0. The summed E-state index contributed by atoms with van der Waals surface area (Å²) >= 11 is 0. The number of benzene rings is 3. The summed E-state index contributed by atoms with van der Waals surface area (Å²) in [6, 6.07) is 26.0. The lowest BCUT2D eigenvalue weighted by Gasteiger charge is -2.74. The third-order valence-corrected chi connectivity index (χ3v) is 28.1. The standard InChI is InChI=1S/C81H100N2O4/c1-50-38-51(2)40-55(39-50)41-54-26-33-77(45-54)34-27-60(46-77)81-67-21-11-32-79(81)35-28-66-69(81)48-78-31-13-30-76(4)70(84)29-36-80(66,75(76)78)68-44-58-17-8-9-19-62(58)64(65(68)47-78)43-53-14-10-18-57(42-53)59-23-25-71(83-49-59)82-37-12-20-61(56-15-6-5-7-16-56)52(3)22-24-63(74(86)87)72(79)73(67)85/h8-10,13-14,17-19,23,25,31,38-40,42,44,47,54,56,60-61,63,67-68,70,72-73,75,82-85H,3,5-7,11-12,15-16,20-22,24,26-30,32-37,41,43,45-46,48-49H2,1-2,4H3,(H,86,87)/t54-,60-,61-,63-,67-,68+,70+,72+,73-,75-,76-,77+,78-,79-,80-,81+/m1/s1. The highest BCUT2D eigenvalue weighted by Gasteiger charge is 2.80. The van der Waals surface area contributed by atoms with E-state index in [1.54, 1.807) is 11.1 Å². The second-order valence-corrected chi connectivity index (χ2v) is 32.2. The van der Waals surface area contributed by atoms with Crippen LogP contribution in [-0.4, -0.2) is 46.6 Å². The van der Waals surface area contributed by atoms with Crippen molar-refractivity contribution in [1.29, 1.82) is 0 Å². The Hall–Kier alpha value is -5.17. The maximum Gasteiger partial charge on any atom is 0.306 e. The summed E-state index contributed by atoms with van der Waals surface area (Å²) in [6.07, 6.45) is 42.0. The first-order valence-electron chi connectivity index (χ1n) is 35.4. The van der Waals surface area contributed by atoms with E-state index in [4.69, 9.17) is 6.58 Å². The fourth-order valence-corrected chi connectivity index (χ4v) is 25.5. The van der Waals surface area contributed by atoms with E-state index < -0.39 is 24.1 Å². The van der Waals surface area contributed by atoms with Crippen molar-refractivity contribution in [2.24, 2.45) is 85.8 Å². The van der Waals surface area contributed by atoms with Crippen LogP contribution in [-0.2, 0) is 17.6 Å². The highest BCUT2D eigenvalue weighted by molar-refractivity contribution is 5.78. The van der Waals surface area contributed by atoms with Gasteiger partial charge in [0.05, 0.1) is 23.9 Å². The third kappa shape index (κ3) is 8.59. The molecule has 6 fully saturated rings. The van der Waals surface area contributed by atoms with Crippen molar-refractivity contribution in [2.45, 2.75) is 200 Å². The molecule has 5 N–H and O–H groups in total. The number of aliphatic hydroxyl groups excluding tert-OH is 2. The van der Waals surface area contributed by atoms with Crippen LogP contribution in [0.2, 0.25) is 0 Å². The predicted molar refractivity (Wildman–Crippen MR) is 351 cm³/mol. The molecule has 0 saturated heterocycles. The summed E-state index contributed by atoms with van der Waals surface area (Å²) in [5.41, 5.74) is 14.6. The lowest BCUT2D eigenvalue weighted by molar-refractivity contribution is -0.170. The number of nitrogens with one attached hydrogen (secondary N) is 2. The number of hydrogen-bond acceptors (Lipinski definition) is 5. The zero-order valence-corrected chi connectivity index (χ0v) is 52.9. The van der Waals surface area contributed by atoms with Crippen LogP contribution in [0.3, 0.4) is 0 Å². The number of carbonyl (C=O) groups is 1. The summed E-state index contributed by atoms with van der Waals surface area (Å²) in [4.78, 5) is 14.8. The molecule has 6 aliphatic heterocycles. The van der Waals surface area contributed by atoms with Crippen molar-refractivity contribution < 1.29 is 20.1 Å². The van der Waals surface area contributed by atoms with Gasteiger partial charge in [-0.15, -0.1) is 0 Å². The molecule has 0 aromatic heterocycles. The molecule has 87 heavy (non-hydrogen) atoms. The van der Waals surface area contributed by atoms with Crippen molar-refractivity contribution >= 4 is 23.2 Å². The zero-order valence-electron chi connectivity index (χ0n) is 52.9. The molecule has 0 amide bonds. The number of aliphatic carboxylic acids is 1. The molecule has 3 aromatic carbocycles. The Balaban J connectivity index is 0.889. The molecule has 3 aromatic rings. The van der Waals surface area contributed by atoms with E-state index >= 15 is 0 Å². The Bertz CT molecular complexity index is 3590. The van der Waals surface area contributed by atoms with Crippen LogP contribution < -0.4 is 21.1 Å². The first-order valence-corrected chi connectivity index (χ1v) is 35.4. The monoisotopic (exact) mass is 1160 g/mol. The minimum atomic E-state index is -0.686. The highest BCUT2D eigenvalue weighted by Crippen LogP contribution is 2.85. The van der Waals surface area contributed by atoms with Crippen LogP contribution in [0.5, 0.6) is 0 Å². The first-order chi connectivity index (χ1) is 42.2. The fourth-order valence-electron chi connectivity index (χ4n) is 25.5. The number of carboxylic acid groups (broad SMARTS) is 1. The Kier molecular flexibility index (Phi) is 13.9. The summed E-state index contributed by atoms with van der Waals surface area (Å²) in [5.74, 6) is 1.83. The van der Waals surface area contributed by atoms with Crippen LogP contribution in [0.4, 0.5) is 0 Å². The van der Waals surface area contributed by atoms with E-state index in [0.29, 0.717) is 30.1 Å². The Morgan fingerprint density at radius 3 is 2.45 bits per heavy atom. The lowest BCUT2D eigenvalue weighted by Crippen LogP contribution is -2.68. The summed E-state index contributed by atoms with van der Waals surface area (Å²) in [6.45, 7) is 13.6. The SMILES string of the molecule is C=C1CC[C@@H](C(=O)O)[C@H]2[C@H](O)[C@H]3CCC[C@@]24CCC2=C(C[C@@]56C=CC[C@]7(C)[C@@H](O)CC[C@@]2([C@H]2C=c8ccccc8=C(Cc8cccc(c8)C8=CC=C(NCCC[C@H]1C1CCCCC1)NC8)C2=C5)[C@@H]67)[C@]34[C@@H]1CC[C@]2(CC[C@H](Cc3cc(C)cc(C)c3)C2)C1. The second-order valence-electron chi connectivity index (χ2n) is 32.2. The van der Waals surface area contributed by atoms with Crippen LogP contribution in [0.1, 0.15) is 189 Å². The van der Waals surface area contributed by atoms with Gasteiger partial charge < -0.3 is 26.0 Å². The first kappa shape index (κ1) is 57.0. The molecule has 16 atom stereocenters. The molecule has 4 spiro atoms. The van der Waals surface area contributed by atoms with Crippen molar-refractivity contribution in [3.63, 3.8) is 0 Å². The Morgan fingerprint density at radius 1 is 0.782 bits per heavy atom. The van der Waals surface area contributed by atoms with Crippen molar-refractivity contribution in [2.75, 3.05) is 13.1 Å². The average Bonchev–Trinajstić information content (AvgIpc) is 1.63. The van der Waals surface area contributed by atoms with Gasteiger partial charge in [0.1, 0.15) is 0 Å². The van der Waals surface area contributed by atoms with Crippen molar-refractivity contribution in [1.82, 2.24) is 10.6 Å². The molecule has 6 nitrogen and oxygen atoms in total. The molecule has 20 rings (SSSR count). The van der Waals surface area contributed by atoms with E-state index in [2.05, 4.69) is 135 Å². The topological polar surface area (TPSA) is 102 Å². The van der Waals surface area contributed by atoms with Gasteiger partial charge in [0.15, 0.2) is 0 Å². The van der Waals surface area contributed by atoms with Crippen LogP contribution in [0, 0.1) is 99.6 Å². The smallest absolute Gasteiger partial charge is 0.306 e. The molecule has 6 heterocycles. The summed E-state index contributed by atoms with van der Waals surface area (Å²) in [5, 5.41) is 49.3. The minimum absolute atomic E-state index is 0.0199. The molecule has 15 bridgehead atoms. The van der Waals surface area contributed by atoms with Crippen LogP contribution >= 0.6 is 0 Å². The largest absolute Gasteiger partial charge is 0.481 e. The Labute approximate surface area is 520 Å². The van der Waals surface area contributed by atoms with Crippen molar-refractivity contribution in [3.05, 3.63) is 170 Å². The molecule has 6 heteroatoms. The Morgan fingerprint density at radius 2 is 1.62 bits per heavy atom. The average molecular weight is 1170 g/mol. The van der Waals surface area contributed by atoms with Crippen LogP contribution in [0.25, 0.3) is 17.2 Å². The lowest BCUT2D eigenvalue weighted by atomic mass is 9.29. The van der Waals surface area contributed by atoms with Gasteiger partial charge in [-0.05, 0) is 251 Å². The van der Waals surface area contributed by atoms with Gasteiger partial charge in [0.25, 0.3) is 0 Å². The molecule has 11 aliphatic carbocycles. The molecule has 0 unspecified atom stereocenters.